The van der Waals surface area contributed by atoms with Gasteiger partial charge in [-0.05, 0) is 24.6 Å². The van der Waals surface area contributed by atoms with E-state index < -0.39 is 16.7 Å². The fourth-order valence-corrected chi connectivity index (χ4v) is 2.44. The number of imide groups is 1. The van der Waals surface area contributed by atoms with Crippen LogP contribution in [0.25, 0.3) is 0 Å². The van der Waals surface area contributed by atoms with Gasteiger partial charge in [0.15, 0.2) is 0 Å². The van der Waals surface area contributed by atoms with Gasteiger partial charge in [-0.2, -0.15) is 0 Å². The highest BCUT2D eigenvalue weighted by atomic mass is 16.6. The smallest absolute Gasteiger partial charge is 0.282 e. The molecule has 1 aliphatic heterocycles. The molecule has 2 amide bonds. The lowest BCUT2D eigenvalue weighted by molar-refractivity contribution is -0.385. The number of nitro groups is 1. The van der Waals surface area contributed by atoms with Gasteiger partial charge in [-0.25, -0.2) is 4.98 Å². The second-order valence-corrected chi connectivity index (χ2v) is 5.00. The molecule has 1 aromatic heterocycles. The summed E-state index contributed by atoms with van der Waals surface area (Å²) in [6.07, 6.45) is 1.59. The number of aryl methyl sites for hydroxylation is 1. The third-order valence-electron chi connectivity index (χ3n) is 3.59. The quantitative estimate of drug-likeness (QED) is 0.525. The molecule has 116 valence electrons. The summed E-state index contributed by atoms with van der Waals surface area (Å²) >= 11 is 0. The minimum absolute atomic E-state index is 0.0451. The predicted molar refractivity (Wildman–Crippen MR) is 81.1 cm³/mol. The molecule has 0 saturated carbocycles. The average Bonchev–Trinajstić information content (AvgIpc) is 2.78. The van der Waals surface area contributed by atoms with E-state index in [4.69, 9.17) is 0 Å². The van der Waals surface area contributed by atoms with E-state index in [2.05, 4.69) is 10.3 Å². The van der Waals surface area contributed by atoms with Crippen molar-refractivity contribution in [3.63, 3.8) is 0 Å². The van der Waals surface area contributed by atoms with Crippen LogP contribution >= 0.6 is 0 Å². The number of rotatable bonds is 4. The van der Waals surface area contributed by atoms with Crippen molar-refractivity contribution in [3.05, 3.63) is 63.3 Å². The molecule has 0 fully saturated rings. The van der Waals surface area contributed by atoms with Crippen LogP contribution in [0, 0.1) is 17.0 Å². The molecular weight excluding hydrogens is 300 g/mol. The molecule has 0 aliphatic carbocycles. The van der Waals surface area contributed by atoms with Gasteiger partial charge in [0.25, 0.3) is 17.5 Å². The zero-order valence-corrected chi connectivity index (χ0v) is 12.1. The highest BCUT2D eigenvalue weighted by Gasteiger charge is 2.40. The van der Waals surface area contributed by atoms with Gasteiger partial charge in [0, 0.05) is 12.3 Å². The molecule has 23 heavy (non-hydrogen) atoms. The summed E-state index contributed by atoms with van der Waals surface area (Å²) in [5, 5.41) is 13.9. The van der Waals surface area contributed by atoms with Crippen molar-refractivity contribution in [2.24, 2.45) is 0 Å². The van der Waals surface area contributed by atoms with Gasteiger partial charge in [-0.3, -0.25) is 24.6 Å². The van der Waals surface area contributed by atoms with Gasteiger partial charge >= 0.3 is 0 Å². The van der Waals surface area contributed by atoms with Crippen molar-refractivity contribution in [1.29, 1.82) is 0 Å². The predicted octanol–water partition coefficient (Wildman–Crippen LogP) is 1.96. The SMILES string of the molecule is Cc1cccnc1NCN1C(=O)c2cccc([N+](=O)[O-])c2C1=O. The summed E-state index contributed by atoms with van der Waals surface area (Å²) in [4.78, 5) is 40.1. The van der Waals surface area contributed by atoms with Crippen LogP contribution in [0.2, 0.25) is 0 Å². The van der Waals surface area contributed by atoms with E-state index >= 15 is 0 Å². The van der Waals surface area contributed by atoms with E-state index in [1.54, 1.807) is 12.3 Å². The number of nitrogens with one attached hydrogen (secondary N) is 1. The van der Waals surface area contributed by atoms with Crippen molar-refractivity contribution in [2.75, 3.05) is 12.0 Å². The molecule has 0 atom stereocenters. The molecule has 0 radical (unpaired) electrons. The van der Waals surface area contributed by atoms with Crippen LogP contribution in [-0.4, -0.2) is 33.3 Å². The number of nitro benzene ring substituents is 1. The summed E-state index contributed by atoms with van der Waals surface area (Å²) < 4.78 is 0. The van der Waals surface area contributed by atoms with Gasteiger partial charge in [0.05, 0.1) is 17.2 Å². The Balaban J connectivity index is 1.88. The lowest BCUT2D eigenvalue weighted by Crippen LogP contribution is -2.34. The fourth-order valence-electron chi connectivity index (χ4n) is 2.44. The summed E-state index contributed by atoms with van der Waals surface area (Å²) in [5.41, 5.74) is 0.373. The molecule has 1 N–H and O–H groups in total. The number of nitrogens with zero attached hydrogens (tertiary/aromatic N) is 3. The Morgan fingerprint density at radius 2 is 2.00 bits per heavy atom. The van der Waals surface area contributed by atoms with Crippen LogP contribution in [0.5, 0.6) is 0 Å². The van der Waals surface area contributed by atoms with Crippen molar-refractivity contribution in [3.8, 4) is 0 Å². The van der Waals surface area contributed by atoms with Gasteiger partial charge < -0.3 is 5.32 Å². The molecule has 0 saturated heterocycles. The zero-order valence-electron chi connectivity index (χ0n) is 12.1. The monoisotopic (exact) mass is 312 g/mol. The molecule has 1 aromatic carbocycles. The molecule has 2 heterocycles. The van der Waals surface area contributed by atoms with Gasteiger partial charge in [0.1, 0.15) is 11.4 Å². The first-order chi connectivity index (χ1) is 11.0. The number of benzene rings is 1. The molecule has 8 heteroatoms. The summed E-state index contributed by atoms with van der Waals surface area (Å²) in [5.74, 6) is -0.702. The van der Waals surface area contributed by atoms with Crippen LogP contribution in [0.15, 0.2) is 36.5 Å². The van der Waals surface area contributed by atoms with E-state index in [1.807, 2.05) is 13.0 Å². The lowest BCUT2D eigenvalue weighted by Gasteiger charge is -2.15. The van der Waals surface area contributed by atoms with Gasteiger partial charge in [-0.1, -0.05) is 12.1 Å². The van der Waals surface area contributed by atoms with Crippen molar-refractivity contribution >= 4 is 23.3 Å². The van der Waals surface area contributed by atoms with E-state index in [0.717, 1.165) is 10.5 Å². The van der Waals surface area contributed by atoms with Gasteiger partial charge in [0.2, 0.25) is 0 Å². The Kier molecular flexibility index (Phi) is 3.49. The summed E-state index contributed by atoms with van der Waals surface area (Å²) in [7, 11) is 0. The molecule has 0 spiro atoms. The third-order valence-corrected chi connectivity index (χ3v) is 3.59. The molecule has 3 rings (SSSR count). The maximum Gasteiger partial charge on any atom is 0.282 e. The fraction of sp³-hybridized carbons (Fsp3) is 0.133. The molecule has 8 nitrogen and oxygen atoms in total. The number of pyridine rings is 1. The standard InChI is InChI=1S/C15H12N4O4/c1-9-4-3-7-16-13(9)17-8-18-14(20)10-5-2-6-11(19(22)23)12(10)15(18)21/h2-7H,8H2,1H3,(H,16,17). The summed E-state index contributed by atoms with van der Waals surface area (Å²) in [6.45, 7) is 1.73. The Bertz CT molecular complexity index is 834. The number of fused-ring (bicyclic) bond motifs is 1. The Labute approximate surface area is 130 Å². The Morgan fingerprint density at radius 3 is 2.70 bits per heavy atom. The largest absolute Gasteiger partial charge is 0.352 e. The Morgan fingerprint density at radius 1 is 1.22 bits per heavy atom. The lowest BCUT2D eigenvalue weighted by atomic mass is 10.1. The minimum atomic E-state index is -0.682. The number of aromatic nitrogens is 1. The Hall–Kier alpha value is -3.29. The first-order valence-corrected chi connectivity index (χ1v) is 6.80. The number of anilines is 1. The van der Waals surface area contributed by atoms with Crippen molar-refractivity contribution in [1.82, 2.24) is 9.88 Å². The second-order valence-electron chi connectivity index (χ2n) is 5.00. The topological polar surface area (TPSA) is 105 Å². The number of hydrogen-bond acceptors (Lipinski definition) is 6. The molecule has 2 aromatic rings. The second kappa shape index (κ2) is 5.48. The van der Waals surface area contributed by atoms with Crippen LogP contribution in [0.1, 0.15) is 26.3 Å². The van der Waals surface area contributed by atoms with Crippen LogP contribution < -0.4 is 5.32 Å². The maximum atomic E-state index is 12.4. The summed E-state index contributed by atoms with van der Waals surface area (Å²) in [6, 6.07) is 7.62. The van der Waals surface area contributed by atoms with Crippen molar-refractivity contribution < 1.29 is 14.5 Å². The number of hydrogen-bond donors (Lipinski definition) is 1. The van der Waals surface area contributed by atoms with Crippen LogP contribution in [0.4, 0.5) is 11.5 Å². The minimum Gasteiger partial charge on any atom is -0.352 e. The highest BCUT2D eigenvalue weighted by Crippen LogP contribution is 2.30. The van der Waals surface area contributed by atoms with Crippen LogP contribution in [-0.2, 0) is 0 Å². The third kappa shape index (κ3) is 2.39. The number of carbonyl (C=O) groups excluding carboxylic acids is 2. The maximum absolute atomic E-state index is 12.4. The van der Waals surface area contributed by atoms with Gasteiger partial charge in [-0.15, -0.1) is 0 Å². The molecule has 1 aliphatic rings. The van der Waals surface area contributed by atoms with E-state index in [-0.39, 0.29) is 23.5 Å². The first-order valence-electron chi connectivity index (χ1n) is 6.80. The van der Waals surface area contributed by atoms with E-state index in [9.17, 15) is 19.7 Å². The molecule has 0 bridgehead atoms. The normalized spacial score (nSPS) is 13.2. The number of carbonyl (C=O) groups is 2. The zero-order chi connectivity index (χ0) is 16.6. The molecule has 0 unspecified atom stereocenters. The molecular formula is C15H12N4O4. The van der Waals surface area contributed by atoms with E-state index in [0.29, 0.717) is 5.82 Å². The van der Waals surface area contributed by atoms with Crippen molar-refractivity contribution in [2.45, 2.75) is 6.92 Å². The van der Waals surface area contributed by atoms with Crippen LogP contribution in [0.3, 0.4) is 0 Å². The number of amides is 2. The van der Waals surface area contributed by atoms with E-state index in [1.165, 1.54) is 18.2 Å². The highest BCUT2D eigenvalue weighted by molar-refractivity contribution is 6.23. The average molecular weight is 312 g/mol. The first kappa shape index (κ1) is 14.6.